The number of aliphatic hydroxyl groups is 1. The number of nitrogens with two attached hydrogens (primary N) is 1. The lowest BCUT2D eigenvalue weighted by Gasteiger charge is -2.12. The molecule has 0 aliphatic rings. The molecule has 4 N–H and O–H groups in total. The zero-order valence-corrected chi connectivity index (χ0v) is 9.94. The topological polar surface area (TPSA) is 92.4 Å². The second kappa shape index (κ2) is 4.93. The van der Waals surface area contributed by atoms with Crippen molar-refractivity contribution in [3.05, 3.63) is 11.4 Å². The van der Waals surface area contributed by atoms with E-state index < -0.39 is 16.1 Å². The summed E-state index contributed by atoms with van der Waals surface area (Å²) < 4.78 is 26.0. The molecule has 0 radical (unpaired) electrons. The van der Waals surface area contributed by atoms with Crippen LogP contribution >= 0.6 is 11.3 Å². The van der Waals surface area contributed by atoms with Crippen LogP contribution in [0.2, 0.25) is 0 Å². The van der Waals surface area contributed by atoms with Gasteiger partial charge in [-0.2, -0.15) is 0 Å². The van der Waals surface area contributed by atoms with Gasteiger partial charge >= 0.3 is 0 Å². The molecule has 0 saturated heterocycles. The van der Waals surface area contributed by atoms with Gasteiger partial charge < -0.3 is 10.8 Å². The number of rotatable bonds is 5. The average Bonchev–Trinajstić information content (AvgIpc) is 2.62. The standard InChI is InChI=1S/C8H14N2O3S2/c1-2-7(4-11)10-15(12,13)8-3-6(9)5-14-8/h3,5,7,10-11H,2,4,9H2,1H3. The summed E-state index contributed by atoms with van der Waals surface area (Å²) in [6.45, 7) is 1.59. The molecule has 0 fully saturated rings. The molecule has 0 aliphatic carbocycles. The van der Waals surface area contributed by atoms with Crippen LogP contribution in [-0.2, 0) is 10.0 Å². The molecule has 0 bridgehead atoms. The number of anilines is 1. The van der Waals surface area contributed by atoms with Crippen LogP contribution < -0.4 is 10.5 Å². The highest BCUT2D eigenvalue weighted by Crippen LogP contribution is 2.21. The van der Waals surface area contributed by atoms with Gasteiger partial charge in [-0.3, -0.25) is 0 Å². The van der Waals surface area contributed by atoms with Crippen molar-refractivity contribution in [1.82, 2.24) is 4.72 Å². The summed E-state index contributed by atoms with van der Waals surface area (Å²) in [6.07, 6.45) is 0.538. The lowest BCUT2D eigenvalue weighted by Crippen LogP contribution is -2.36. The summed E-state index contributed by atoms with van der Waals surface area (Å²) in [4.78, 5) is 0. The summed E-state index contributed by atoms with van der Waals surface area (Å²) in [7, 11) is -3.53. The third kappa shape index (κ3) is 3.16. The first-order valence-corrected chi connectivity index (χ1v) is 6.83. The molecular weight excluding hydrogens is 236 g/mol. The van der Waals surface area contributed by atoms with E-state index in [0.29, 0.717) is 12.1 Å². The van der Waals surface area contributed by atoms with Crippen LogP contribution in [0.3, 0.4) is 0 Å². The van der Waals surface area contributed by atoms with Crippen LogP contribution in [-0.4, -0.2) is 26.2 Å². The largest absolute Gasteiger partial charge is 0.398 e. The van der Waals surface area contributed by atoms with Crippen LogP contribution in [0.4, 0.5) is 5.69 Å². The predicted molar refractivity (Wildman–Crippen MR) is 60.2 cm³/mol. The molecule has 15 heavy (non-hydrogen) atoms. The minimum absolute atomic E-state index is 0.173. The highest BCUT2D eigenvalue weighted by atomic mass is 32.2. The third-order valence-electron chi connectivity index (χ3n) is 1.90. The fourth-order valence-electron chi connectivity index (χ4n) is 0.998. The first-order chi connectivity index (χ1) is 6.99. The van der Waals surface area contributed by atoms with E-state index >= 15 is 0 Å². The number of sulfonamides is 1. The molecule has 1 aromatic heterocycles. The zero-order valence-electron chi connectivity index (χ0n) is 8.30. The van der Waals surface area contributed by atoms with Gasteiger partial charge in [0.2, 0.25) is 10.0 Å². The Morgan fingerprint density at radius 1 is 1.67 bits per heavy atom. The molecule has 1 unspecified atom stereocenters. The lowest BCUT2D eigenvalue weighted by atomic mass is 10.3. The van der Waals surface area contributed by atoms with Crippen LogP contribution in [0, 0.1) is 0 Å². The van der Waals surface area contributed by atoms with Crippen molar-refractivity contribution in [3.8, 4) is 0 Å². The van der Waals surface area contributed by atoms with Crippen LogP contribution in [0.25, 0.3) is 0 Å². The van der Waals surface area contributed by atoms with Gasteiger partial charge in [-0.05, 0) is 12.5 Å². The maximum Gasteiger partial charge on any atom is 0.250 e. The summed E-state index contributed by atoms with van der Waals surface area (Å²) in [5.74, 6) is 0. The maximum atomic E-state index is 11.7. The van der Waals surface area contributed by atoms with Crippen molar-refractivity contribution in [2.45, 2.75) is 23.6 Å². The predicted octanol–water partition coefficient (Wildman–Crippen LogP) is 0.379. The highest BCUT2D eigenvalue weighted by molar-refractivity contribution is 7.91. The van der Waals surface area contributed by atoms with Gasteiger partial charge in [0.15, 0.2) is 0 Å². The highest BCUT2D eigenvalue weighted by Gasteiger charge is 2.19. The Morgan fingerprint density at radius 3 is 2.73 bits per heavy atom. The van der Waals surface area contributed by atoms with E-state index in [1.165, 1.54) is 6.07 Å². The number of hydrogen-bond donors (Lipinski definition) is 3. The molecule has 0 spiro atoms. The number of thiophene rings is 1. The molecule has 86 valence electrons. The van der Waals surface area contributed by atoms with Gasteiger partial charge in [-0.15, -0.1) is 11.3 Å². The van der Waals surface area contributed by atoms with Crippen molar-refractivity contribution in [1.29, 1.82) is 0 Å². The van der Waals surface area contributed by atoms with Gasteiger partial charge in [0, 0.05) is 17.1 Å². The normalized spacial score (nSPS) is 14.0. The molecule has 7 heteroatoms. The second-order valence-corrected chi connectivity index (χ2v) is 5.96. The van der Waals surface area contributed by atoms with Gasteiger partial charge in [0.25, 0.3) is 0 Å². The van der Waals surface area contributed by atoms with Crippen molar-refractivity contribution in [2.75, 3.05) is 12.3 Å². The Bertz CT molecular complexity index is 409. The average molecular weight is 250 g/mol. The Kier molecular flexibility index (Phi) is 4.09. The number of hydrogen-bond acceptors (Lipinski definition) is 5. The van der Waals surface area contributed by atoms with Crippen molar-refractivity contribution in [2.24, 2.45) is 0 Å². The molecule has 1 rings (SSSR count). The molecule has 1 heterocycles. The van der Waals surface area contributed by atoms with Gasteiger partial charge in [0.05, 0.1) is 6.61 Å². The van der Waals surface area contributed by atoms with Crippen LogP contribution in [0.1, 0.15) is 13.3 Å². The molecule has 1 aromatic rings. The minimum atomic E-state index is -3.53. The second-order valence-electron chi connectivity index (χ2n) is 3.11. The SMILES string of the molecule is CCC(CO)NS(=O)(=O)c1cc(N)cs1. The Balaban J connectivity index is 2.84. The number of nitrogen functional groups attached to an aromatic ring is 1. The van der Waals surface area contributed by atoms with E-state index in [0.717, 1.165) is 11.3 Å². The summed E-state index contributed by atoms with van der Waals surface area (Å²) in [6, 6.07) is 0.954. The Hall–Kier alpha value is -0.630. The molecule has 0 saturated carbocycles. The first kappa shape index (κ1) is 12.4. The molecule has 1 atom stereocenters. The molecular formula is C8H14N2O3S2. The number of aliphatic hydroxyl groups excluding tert-OH is 1. The van der Waals surface area contributed by atoms with Crippen LogP contribution in [0.15, 0.2) is 15.7 Å². The third-order valence-corrected chi connectivity index (χ3v) is 4.87. The van der Waals surface area contributed by atoms with E-state index in [-0.39, 0.29) is 10.8 Å². The summed E-state index contributed by atoms with van der Waals surface area (Å²) >= 11 is 1.06. The minimum Gasteiger partial charge on any atom is -0.398 e. The number of nitrogens with one attached hydrogen (secondary N) is 1. The fraction of sp³-hybridized carbons (Fsp3) is 0.500. The zero-order chi connectivity index (χ0) is 11.5. The Morgan fingerprint density at radius 2 is 2.33 bits per heavy atom. The fourth-order valence-corrected chi connectivity index (χ4v) is 3.41. The van der Waals surface area contributed by atoms with Crippen molar-refractivity contribution in [3.63, 3.8) is 0 Å². The van der Waals surface area contributed by atoms with E-state index in [2.05, 4.69) is 4.72 Å². The van der Waals surface area contributed by atoms with E-state index in [4.69, 9.17) is 10.8 Å². The van der Waals surface area contributed by atoms with Gasteiger partial charge in [-0.25, -0.2) is 13.1 Å². The lowest BCUT2D eigenvalue weighted by molar-refractivity contribution is 0.254. The summed E-state index contributed by atoms with van der Waals surface area (Å²) in [5, 5.41) is 10.5. The summed E-state index contributed by atoms with van der Waals surface area (Å²) in [5.41, 5.74) is 5.87. The smallest absolute Gasteiger partial charge is 0.250 e. The van der Waals surface area contributed by atoms with E-state index in [1.54, 1.807) is 12.3 Å². The van der Waals surface area contributed by atoms with E-state index in [9.17, 15) is 8.42 Å². The molecule has 0 amide bonds. The maximum absolute atomic E-state index is 11.7. The van der Waals surface area contributed by atoms with Crippen LogP contribution in [0.5, 0.6) is 0 Å². The Labute approximate surface area is 93.0 Å². The first-order valence-electron chi connectivity index (χ1n) is 4.46. The monoisotopic (exact) mass is 250 g/mol. The van der Waals surface area contributed by atoms with E-state index in [1.807, 2.05) is 0 Å². The molecule has 0 aromatic carbocycles. The molecule has 0 aliphatic heterocycles. The van der Waals surface area contributed by atoms with Gasteiger partial charge in [0.1, 0.15) is 4.21 Å². The quantitative estimate of drug-likeness (QED) is 0.704. The van der Waals surface area contributed by atoms with Crippen molar-refractivity contribution >= 4 is 27.0 Å². The van der Waals surface area contributed by atoms with Crippen molar-refractivity contribution < 1.29 is 13.5 Å². The molecule has 5 nitrogen and oxygen atoms in total. The van der Waals surface area contributed by atoms with Gasteiger partial charge in [-0.1, -0.05) is 6.92 Å².